The molecule has 0 amide bonds. The third-order valence-corrected chi connectivity index (χ3v) is 6.62. The minimum Gasteiger partial charge on any atom is -0.378 e. The zero-order chi connectivity index (χ0) is 24.4. The standard InChI is InChI=1S/C26H32ClN7O/c1-18-22-9-4-19(16-24(22)34(31-18)11-10-32(2)3)23-17-25(28-21-7-5-20(27)6-8-21)30-26(29-23)33-12-14-35-15-13-33/h4-8,16-17,31H,9-15H2,1-3H3,(H,28,29,30). The van der Waals surface area contributed by atoms with Crippen molar-refractivity contribution in [3.63, 3.8) is 0 Å². The lowest BCUT2D eigenvalue weighted by molar-refractivity contribution is 0.122. The molecule has 2 N–H and O–H groups in total. The highest BCUT2D eigenvalue weighted by Crippen LogP contribution is 2.36. The number of benzene rings is 1. The Kier molecular flexibility index (Phi) is 6.95. The topological polar surface area (TPSA) is 68.8 Å². The Hall–Kier alpha value is -3.07. The number of nitrogens with one attached hydrogen (secondary N) is 2. The van der Waals surface area contributed by atoms with Crippen LogP contribution in [0, 0.1) is 0 Å². The maximum absolute atomic E-state index is 6.07. The van der Waals surface area contributed by atoms with E-state index in [0.717, 1.165) is 55.4 Å². The monoisotopic (exact) mass is 493 g/mol. The predicted molar refractivity (Wildman–Crippen MR) is 142 cm³/mol. The summed E-state index contributed by atoms with van der Waals surface area (Å²) >= 11 is 6.07. The molecule has 2 aromatic rings. The van der Waals surface area contributed by atoms with E-state index in [1.807, 2.05) is 30.3 Å². The molecule has 1 aliphatic carbocycles. The van der Waals surface area contributed by atoms with Gasteiger partial charge in [0.05, 0.1) is 31.1 Å². The summed E-state index contributed by atoms with van der Waals surface area (Å²) in [6, 6.07) is 9.67. The molecule has 8 nitrogen and oxygen atoms in total. The number of morpholine rings is 1. The van der Waals surface area contributed by atoms with Crippen LogP contribution < -0.4 is 15.6 Å². The maximum Gasteiger partial charge on any atom is 0.228 e. The second-order valence-electron chi connectivity index (χ2n) is 9.23. The molecule has 0 atom stereocenters. The van der Waals surface area contributed by atoms with Crippen molar-refractivity contribution in [2.75, 3.05) is 63.7 Å². The van der Waals surface area contributed by atoms with E-state index < -0.39 is 0 Å². The number of nitrogens with zero attached hydrogens (tertiary/aromatic N) is 5. The number of anilines is 3. The fraction of sp³-hybridized carbons (Fsp3) is 0.385. The zero-order valence-electron chi connectivity index (χ0n) is 20.5. The van der Waals surface area contributed by atoms with E-state index >= 15 is 0 Å². The van der Waals surface area contributed by atoms with Gasteiger partial charge in [-0.3, -0.25) is 5.01 Å². The Morgan fingerprint density at radius 2 is 1.91 bits per heavy atom. The number of hydrogen-bond acceptors (Lipinski definition) is 8. The lowest BCUT2D eigenvalue weighted by atomic mass is 9.96. The molecule has 0 saturated carbocycles. The molecule has 0 bridgehead atoms. The molecule has 3 heterocycles. The van der Waals surface area contributed by atoms with E-state index in [4.69, 9.17) is 26.3 Å². The summed E-state index contributed by atoms with van der Waals surface area (Å²) in [5.41, 5.74) is 10.3. The van der Waals surface area contributed by atoms with Gasteiger partial charge in [-0.2, -0.15) is 4.98 Å². The summed E-state index contributed by atoms with van der Waals surface area (Å²) < 4.78 is 5.55. The fourth-order valence-corrected chi connectivity index (χ4v) is 4.54. The van der Waals surface area contributed by atoms with Crippen LogP contribution in [0.5, 0.6) is 0 Å². The van der Waals surface area contributed by atoms with E-state index in [2.05, 4.69) is 58.7 Å². The van der Waals surface area contributed by atoms with Crippen molar-refractivity contribution >= 4 is 34.6 Å². The molecule has 1 aromatic heterocycles. The number of rotatable bonds is 7. The molecule has 0 unspecified atom stereocenters. The number of hydrogen-bond donors (Lipinski definition) is 2. The lowest BCUT2D eigenvalue weighted by Gasteiger charge is -2.28. The van der Waals surface area contributed by atoms with Gasteiger partial charge in [0.15, 0.2) is 0 Å². The summed E-state index contributed by atoms with van der Waals surface area (Å²) in [6.45, 7) is 6.93. The number of likely N-dealkylation sites (N-methyl/N-ethyl adjacent to an activating group) is 1. The molecule has 184 valence electrons. The van der Waals surface area contributed by atoms with Crippen LogP contribution in [0.25, 0.3) is 5.57 Å². The summed E-state index contributed by atoms with van der Waals surface area (Å²) in [4.78, 5) is 14.2. The highest BCUT2D eigenvalue weighted by atomic mass is 35.5. The zero-order valence-corrected chi connectivity index (χ0v) is 21.3. The van der Waals surface area contributed by atoms with Crippen LogP contribution >= 0.6 is 11.6 Å². The van der Waals surface area contributed by atoms with Crippen molar-refractivity contribution in [3.8, 4) is 0 Å². The van der Waals surface area contributed by atoms with E-state index in [1.54, 1.807) is 0 Å². The second kappa shape index (κ2) is 10.3. The molecular formula is C26H32ClN7O. The van der Waals surface area contributed by atoms with Gasteiger partial charge in [0.25, 0.3) is 0 Å². The second-order valence-corrected chi connectivity index (χ2v) is 9.67. The molecule has 2 aliphatic heterocycles. The molecule has 0 radical (unpaired) electrons. The normalized spacial score (nSPS) is 17.9. The third kappa shape index (κ3) is 5.45. The number of ether oxygens (including phenoxy) is 1. The smallest absolute Gasteiger partial charge is 0.228 e. The van der Waals surface area contributed by atoms with Crippen LogP contribution in [0.15, 0.2) is 59.5 Å². The molecule has 1 aromatic carbocycles. The van der Waals surface area contributed by atoms with Gasteiger partial charge in [-0.05, 0) is 63.4 Å². The number of allylic oxidation sites excluding steroid dienone is 5. The van der Waals surface area contributed by atoms with Crippen LogP contribution in [0.3, 0.4) is 0 Å². The van der Waals surface area contributed by atoms with Gasteiger partial charge < -0.3 is 25.3 Å². The molecule has 1 fully saturated rings. The minimum absolute atomic E-state index is 0.681. The van der Waals surface area contributed by atoms with Gasteiger partial charge in [0.1, 0.15) is 5.82 Å². The first-order valence-electron chi connectivity index (χ1n) is 12.0. The summed E-state index contributed by atoms with van der Waals surface area (Å²) in [5, 5.41) is 6.38. The Morgan fingerprint density at radius 3 is 2.66 bits per heavy atom. The summed E-state index contributed by atoms with van der Waals surface area (Å²) in [6.07, 6.45) is 5.38. The predicted octanol–water partition coefficient (Wildman–Crippen LogP) is 4.04. The van der Waals surface area contributed by atoms with Gasteiger partial charge in [-0.15, -0.1) is 0 Å². The molecule has 9 heteroatoms. The van der Waals surface area contributed by atoms with E-state index in [1.165, 1.54) is 17.0 Å². The largest absolute Gasteiger partial charge is 0.378 e. The SMILES string of the molecule is CC1=C2CC=C(c3cc(Nc4ccc(Cl)cc4)nc(N4CCOCC4)n3)C=C2N(CCN(C)C)N1. The van der Waals surface area contributed by atoms with Crippen LogP contribution in [0.4, 0.5) is 17.5 Å². The van der Waals surface area contributed by atoms with Crippen molar-refractivity contribution in [2.24, 2.45) is 0 Å². The first kappa shape index (κ1) is 23.7. The van der Waals surface area contributed by atoms with E-state index in [9.17, 15) is 0 Å². The van der Waals surface area contributed by atoms with Crippen molar-refractivity contribution < 1.29 is 4.74 Å². The number of aromatic nitrogens is 2. The molecule has 1 saturated heterocycles. The van der Waals surface area contributed by atoms with Crippen LogP contribution in [-0.4, -0.2) is 73.4 Å². The summed E-state index contributed by atoms with van der Waals surface area (Å²) in [5.74, 6) is 1.47. The first-order valence-corrected chi connectivity index (χ1v) is 12.4. The number of hydrazine groups is 1. The highest BCUT2D eigenvalue weighted by Gasteiger charge is 2.27. The van der Waals surface area contributed by atoms with Crippen molar-refractivity contribution in [3.05, 3.63) is 70.2 Å². The fourth-order valence-electron chi connectivity index (χ4n) is 4.41. The van der Waals surface area contributed by atoms with Gasteiger partial charge in [0.2, 0.25) is 5.95 Å². The molecule has 0 spiro atoms. The molecule has 3 aliphatic rings. The van der Waals surface area contributed by atoms with E-state index in [0.29, 0.717) is 24.2 Å². The van der Waals surface area contributed by atoms with Crippen LogP contribution in [0.2, 0.25) is 5.02 Å². The van der Waals surface area contributed by atoms with Crippen molar-refractivity contribution in [2.45, 2.75) is 13.3 Å². The average Bonchev–Trinajstić information content (AvgIpc) is 3.19. The Labute approximate surface area is 211 Å². The Balaban J connectivity index is 1.48. The van der Waals surface area contributed by atoms with Crippen LogP contribution in [0.1, 0.15) is 19.0 Å². The van der Waals surface area contributed by atoms with E-state index in [-0.39, 0.29) is 0 Å². The van der Waals surface area contributed by atoms with Crippen LogP contribution in [-0.2, 0) is 4.74 Å². The van der Waals surface area contributed by atoms with Gasteiger partial charge in [0, 0.05) is 47.7 Å². The quantitative estimate of drug-likeness (QED) is 0.599. The average molecular weight is 494 g/mol. The summed E-state index contributed by atoms with van der Waals surface area (Å²) in [7, 11) is 4.20. The van der Waals surface area contributed by atoms with Crippen molar-refractivity contribution in [1.29, 1.82) is 0 Å². The Morgan fingerprint density at radius 1 is 1.14 bits per heavy atom. The van der Waals surface area contributed by atoms with Gasteiger partial charge in [-0.1, -0.05) is 17.7 Å². The maximum atomic E-state index is 6.07. The highest BCUT2D eigenvalue weighted by molar-refractivity contribution is 6.30. The minimum atomic E-state index is 0.681. The number of halogens is 1. The molecule has 35 heavy (non-hydrogen) atoms. The lowest BCUT2D eigenvalue weighted by Crippen LogP contribution is -2.37. The van der Waals surface area contributed by atoms with Gasteiger partial charge in [-0.25, -0.2) is 4.98 Å². The van der Waals surface area contributed by atoms with Gasteiger partial charge >= 0.3 is 0 Å². The third-order valence-electron chi connectivity index (χ3n) is 6.37. The van der Waals surface area contributed by atoms with Crippen molar-refractivity contribution in [1.82, 2.24) is 25.3 Å². The molecule has 5 rings (SSSR count). The number of fused-ring (bicyclic) bond motifs is 1. The molecular weight excluding hydrogens is 462 g/mol. The Bertz CT molecular complexity index is 1170. The first-order chi connectivity index (χ1) is 17.0.